The SMILES string of the molecule is COC(=O)C(C(=O)OC)[C@H](C[N+](=O)[O-])c1ccc(OCc2ccccc2)cc1. The highest BCUT2D eigenvalue weighted by Crippen LogP contribution is 2.29. The molecule has 0 aliphatic heterocycles. The van der Waals surface area contributed by atoms with Gasteiger partial charge >= 0.3 is 11.9 Å². The van der Waals surface area contributed by atoms with Gasteiger partial charge in [-0.25, -0.2) is 0 Å². The van der Waals surface area contributed by atoms with Crippen LogP contribution in [-0.2, 0) is 25.7 Å². The van der Waals surface area contributed by atoms with Crippen LogP contribution in [0.4, 0.5) is 0 Å². The standard InChI is InChI=1S/C20H21NO7/c1-26-19(22)18(20(23)27-2)17(12-21(24)25)15-8-10-16(11-9-15)28-13-14-6-4-3-5-7-14/h3-11,17-18H,12-13H2,1-2H3/t17-/m1/s1. The molecule has 0 amide bonds. The maximum atomic E-state index is 12.1. The average molecular weight is 387 g/mol. The first-order chi connectivity index (χ1) is 13.5. The van der Waals surface area contributed by atoms with Crippen molar-refractivity contribution in [1.82, 2.24) is 0 Å². The molecule has 8 heteroatoms. The fourth-order valence-corrected chi connectivity index (χ4v) is 2.79. The molecule has 0 saturated carbocycles. The summed E-state index contributed by atoms with van der Waals surface area (Å²) in [5.74, 6) is -3.68. The minimum absolute atomic E-state index is 0.367. The number of nitrogens with zero attached hydrogens (tertiary/aromatic N) is 1. The lowest BCUT2D eigenvalue weighted by Gasteiger charge is -2.21. The summed E-state index contributed by atoms with van der Waals surface area (Å²) < 4.78 is 15.0. The molecule has 28 heavy (non-hydrogen) atoms. The van der Waals surface area contributed by atoms with Crippen molar-refractivity contribution in [3.63, 3.8) is 0 Å². The molecule has 0 aromatic heterocycles. The summed E-state index contributed by atoms with van der Waals surface area (Å²) in [7, 11) is 2.23. The van der Waals surface area contributed by atoms with E-state index in [0.29, 0.717) is 17.9 Å². The first kappa shape index (κ1) is 20.9. The molecule has 0 saturated heterocycles. The third kappa shape index (κ3) is 5.54. The van der Waals surface area contributed by atoms with Crippen molar-refractivity contribution in [3.05, 3.63) is 75.8 Å². The van der Waals surface area contributed by atoms with Crippen molar-refractivity contribution < 1.29 is 28.7 Å². The average Bonchev–Trinajstić information content (AvgIpc) is 2.72. The smallest absolute Gasteiger partial charge is 0.320 e. The first-order valence-electron chi connectivity index (χ1n) is 8.50. The van der Waals surface area contributed by atoms with E-state index >= 15 is 0 Å². The molecule has 0 N–H and O–H groups in total. The number of rotatable bonds is 9. The van der Waals surface area contributed by atoms with Gasteiger partial charge in [0.2, 0.25) is 6.54 Å². The Hall–Kier alpha value is -3.42. The van der Waals surface area contributed by atoms with Gasteiger partial charge in [0.15, 0.2) is 5.92 Å². The van der Waals surface area contributed by atoms with Crippen molar-refractivity contribution in [2.24, 2.45) is 5.92 Å². The molecule has 148 valence electrons. The molecule has 2 aromatic carbocycles. The fourth-order valence-electron chi connectivity index (χ4n) is 2.79. The molecular formula is C20H21NO7. The van der Waals surface area contributed by atoms with Gasteiger partial charge in [-0.2, -0.15) is 0 Å². The zero-order chi connectivity index (χ0) is 20.5. The highest BCUT2D eigenvalue weighted by molar-refractivity contribution is 5.96. The summed E-state index contributed by atoms with van der Waals surface area (Å²) in [4.78, 5) is 34.7. The van der Waals surface area contributed by atoms with Crippen molar-refractivity contribution in [1.29, 1.82) is 0 Å². The van der Waals surface area contributed by atoms with E-state index in [1.54, 1.807) is 24.3 Å². The summed E-state index contributed by atoms with van der Waals surface area (Å²) in [5.41, 5.74) is 1.43. The van der Waals surface area contributed by atoms with Crippen LogP contribution in [0.25, 0.3) is 0 Å². The summed E-state index contributed by atoms with van der Waals surface area (Å²) in [6.07, 6.45) is 0. The summed E-state index contributed by atoms with van der Waals surface area (Å²) in [5, 5.41) is 11.1. The van der Waals surface area contributed by atoms with Crippen LogP contribution in [0.3, 0.4) is 0 Å². The molecular weight excluding hydrogens is 366 g/mol. The molecule has 8 nitrogen and oxygen atoms in total. The fraction of sp³-hybridized carbons (Fsp3) is 0.300. The van der Waals surface area contributed by atoms with Gasteiger partial charge < -0.3 is 14.2 Å². The highest BCUT2D eigenvalue weighted by Gasteiger charge is 2.40. The van der Waals surface area contributed by atoms with Crippen molar-refractivity contribution in [2.45, 2.75) is 12.5 Å². The van der Waals surface area contributed by atoms with Crippen LogP contribution in [0.5, 0.6) is 5.75 Å². The molecule has 1 atom stereocenters. The zero-order valence-corrected chi connectivity index (χ0v) is 15.6. The van der Waals surface area contributed by atoms with Crippen molar-refractivity contribution in [3.8, 4) is 5.75 Å². The lowest BCUT2D eigenvalue weighted by Crippen LogP contribution is -2.35. The molecule has 2 rings (SSSR count). The van der Waals surface area contributed by atoms with Crippen LogP contribution in [0.15, 0.2) is 54.6 Å². The quantitative estimate of drug-likeness (QED) is 0.282. The van der Waals surface area contributed by atoms with Gasteiger partial charge in [-0.15, -0.1) is 0 Å². The predicted molar refractivity (Wildman–Crippen MR) is 99.3 cm³/mol. The van der Waals surface area contributed by atoms with Crippen LogP contribution >= 0.6 is 0 Å². The number of carbonyl (C=O) groups excluding carboxylic acids is 2. The van der Waals surface area contributed by atoms with Crippen LogP contribution in [0, 0.1) is 16.0 Å². The van der Waals surface area contributed by atoms with Crippen LogP contribution in [0.2, 0.25) is 0 Å². The van der Waals surface area contributed by atoms with Crippen LogP contribution in [-0.4, -0.2) is 37.6 Å². The van der Waals surface area contributed by atoms with Gasteiger partial charge in [-0.3, -0.25) is 19.7 Å². The van der Waals surface area contributed by atoms with E-state index in [1.807, 2.05) is 30.3 Å². The van der Waals surface area contributed by atoms with E-state index in [9.17, 15) is 19.7 Å². The van der Waals surface area contributed by atoms with Gasteiger partial charge in [0, 0.05) is 4.92 Å². The molecule has 0 bridgehead atoms. The second kappa shape index (κ2) is 10.1. The van der Waals surface area contributed by atoms with Gasteiger partial charge in [0.05, 0.1) is 20.1 Å². The monoisotopic (exact) mass is 387 g/mol. The minimum Gasteiger partial charge on any atom is -0.489 e. The molecule has 2 aromatic rings. The van der Waals surface area contributed by atoms with Gasteiger partial charge in [0.25, 0.3) is 0 Å². The topological polar surface area (TPSA) is 105 Å². The molecule has 0 heterocycles. The van der Waals surface area contributed by atoms with Crippen molar-refractivity contribution in [2.75, 3.05) is 20.8 Å². The third-order valence-electron chi connectivity index (χ3n) is 4.21. The minimum atomic E-state index is -1.43. The Kier molecular flexibility index (Phi) is 7.50. The van der Waals surface area contributed by atoms with E-state index < -0.39 is 35.2 Å². The molecule has 0 aliphatic carbocycles. The Morgan fingerprint density at radius 2 is 1.54 bits per heavy atom. The first-order valence-corrected chi connectivity index (χ1v) is 8.50. The Bertz CT molecular complexity index is 789. The van der Waals surface area contributed by atoms with Gasteiger partial charge in [0.1, 0.15) is 12.4 Å². The number of carbonyl (C=O) groups is 2. The van der Waals surface area contributed by atoms with Gasteiger partial charge in [-0.1, -0.05) is 42.5 Å². The predicted octanol–water partition coefficient (Wildman–Crippen LogP) is 2.59. The number of ether oxygens (including phenoxy) is 3. The Morgan fingerprint density at radius 3 is 2.04 bits per heavy atom. The Balaban J connectivity index is 2.22. The zero-order valence-electron chi connectivity index (χ0n) is 15.6. The van der Waals surface area contributed by atoms with E-state index in [-0.39, 0.29) is 0 Å². The molecule has 0 unspecified atom stereocenters. The third-order valence-corrected chi connectivity index (χ3v) is 4.21. The maximum Gasteiger partial charge on any atom is 0.320 e. The Labute approximate surface area is 162 Å². The lowest BCUT2D eigenvalue weighted by molar-refractivity contribution is -0.484. The molecule has 0 radical (unpaired) electrons. The molecule has 0 aliphatic rings. The largest absolute Gasteiger partial charge is 0.489 e. The molecule has 0 fully saturated rings. The maximum absolute atomic E-state index is 12.1. The van der Waals surface area contributed by atoms with Gasteiger partial charge in [-0.05, 0) is 23.3 Å². The number of hydrogen-bond donors (Lipinski definition) is 0. The number of hydrogen-bond acceptors (Lipinski definition) is 7. The van der Waals surface area contributed by atoms with Crippen LogP contribution < -0.4 is 4.74 Å². The second-order valence-corrected chi connectivity index (χ2v) is 5.99. The van der Waals surface area contributed by atoms with Crippen molar-refractivity contribution >= 4 is 11.9 Å². The number of esters is 2. The summed E-state index contributed by atoms with van der Waals surface area (Å²) >= 11 is 0. The lowest BCUT2D eigenvalue weighted by atomic mass is 9.85. The van der Waals surface area contributed by atoms with E-state index in [4.69, 9.17) is 4.74 Å². The molecule has 0 spiro atoms. The highest BCUT2D eigenvalue weighted by atomic mass is 16.6. The second-order valence-electron chi connectivity index (χ2n) is 5.99. The number of benzene rings is 2. The van der Waals surface area contributed by atoms with E-state index in [0.717, 1.165) is 19.8 Å². The normalized spacial score (nSPS) is 11.5. The number of methoxy groups -OCH3 is 2. The summed E-state index contributed by atoms with van der Waals surface area (Å²) in [6, 6.07) is 16.0. The number of nitro groups is 1. The summed E-state index contributed by atoms with van der Waals surface area (Å²) in [6.45, 7) is -0.259. The Morgan fingerprint density at radius 1 is 0.964 bits per heavy atom. The van der Waals surface area contributed by atoms with E-state index in [1.165, 1.54) is 0 Å². The van der Waals surface area contributed by atoms with E-state index in [2.05, 4.69) is 9.47 Å². The van der Waals surface area contributed by atoms with Crippen LogP contribution in [0.1, 0.15) is 17.0 Å².